The van der Waals surface area contributed by atoms with Gasteiger partial charge in [-0.1, -0.05) is 213 Å². The summed E-state index contributed by atoms with van der Waals surface area (Å²) in [6.07, 6.45) is 43.2. The van der Waals surface area contributed by atoms with E-state index in [9.17, 15) is 15.0 Å². The first-order valence-corrected chi connectivity index (χ1v) is 20.2. The minimum atomic E-state index is -0.651. The molecule has 4 heteroatoms. The van der Waals surface area contributed by atoms with Gasteiger partial charge in [0.25, 0.3) is 0 Å². The average Bonchev–Trinajstić information content (AvgIpc) is 3.03. The van der Waals surface area contributed by atoms with Crippen molar-refractivity contribution in [2.45, 2.75) is 244 Å². The monoisotopic (exact) mass is 624 g/mol. The predicted molar refractivity (Wildman–Crippen MR) is 193 cm³/mol. The zero-order chi connectivity index (χ0) is 32.2. The summed E-state index contributed by atoms with van der Waals surface area (Å²) >= 11 is 0. The Hall–Kier alpha value is -0.610. The number of aliphatic hydroxyl groups is 2. The summed E-state index contributed by atoms with van der Waals surface area (Å²) < 4.78 is 0. The third-order valence-electron chi connectivity index (χ3n) is 9.62. The molecule has 0 bridgehead atoms. The predicted octanol–water partition coefficient (Wildman–Crippen LogP) is 12.1. The number of carbonyl (C=O) groups is 1. The van der Waals surface area contributed by atoms with E-state index in [1.165, 1.54) is 180 Å². The molecule has 0 spiro atoms. The van der Waals surface area contributed by atoms with Gasteiger partial charge >= 0.3 is 0 Å². The second-order valence-electron chi connectivity index (χ2n) is 14.1. The molecule has 0 aliphatic rings. The van der Waals surface area contributed by atoms with Gasteiger partial charge in [0.2, 0.25) is 5.91 Å². The van der Waals surface area contributed by atoms with Crippen molar-refractivity contribution >= 4 is 5.91 Å². The molecule has 1 amide bonds. The highest BCUT2D eigenvalue weighted by Crippen LogP contribution is 2.16. The lowest BCUT2D eigenvalue weighted by molar-refractivity contribution is -0.123. The molecule has 264 valence electrons. The first-order chi connectivity index (χ1) is 21.7. The fourth-order valence-corrected chi connectivity index (χ4v) is 6.48. The van der Waals surface area contributed by atoms with E-state index in [-0.39, 0.29) is 12.5 Å². The molecule has 0 rings (SSSR count). The van der Waals surface area contributed by atoms with Crippen molar-refractivity contribution in [3.63, 3.8) is 0 Å². The van der Waals surface area contributed by atoms with E-state index >= 15 is 0 Å². The van der Waals surface area contributed by atoms with Crippen LogP contribution in [0.25, 0.3) is 0 Å². The Morgan fingerprint density at radius 1 is 0.455 bits per heavy atom. The Kier molecular flexibility index (Phi) is 36.3. The number of hydrogen-bond acceptors (Lipinski definition) is 3. The summed E-state index contributed by atoms with van der Waals surface area (Å²) in [7, 11) is 0. The molecule has 2 unspecified atom stereocenters. The van der Waals surface area contributed by atoms with Gasteiger partial charge in [0.15, 0.2) is 0 Å². The van der Waals surface area contributed by atoms with Gasteiger partial charge in [0.1, 0.15) is 0 Å². The van der Waals surface area contributed by atoms with Crippen molar-refractivity contribution < 1.29 is 15.0 Å². The Bertz CT molecular complexity index is 555. The highest BCUT2D eigenvalue weighted by atomic mass is 16.3. The first-order valence-electron chi connectivity index (χ1n) is 20.2. The van der Waals surface area contributed by atoms with Crippen LogP contribution in [-0.2, 0) is 4.79 Å². The van der Waals surface area contributed by atoms with Crippen LogP contribution in [-0.4, -0.2) is 34.9 Å². The number of hydrogen-bond donors (Lipinski definition) is 3. The standard InChI is InChI=1S/C40H81NO3/c1-3-5-7-9-11-13-14-15-16-17-18-19-20-21-22-23-24-25-26-28-29-31-33-35-39(43)38(37-42)41-40(44)36-34-32-30-27-12-10-8-6-4-2/h38-39,42-43H,3-37H2,1-2H3,(H,41,44). The maximum atomic E-state index is 12.3. The third kappa shape index (κ3) is 32.8. The molecule has 3 N–H and O–H groups in total. The zero-order valence-corrected chi connectivity index (χ0v) is 30.2. The third-order valence-corrected chi connectivity index (χ3v) is 9.62. The molecule has 4 nitrogen and oxygen atoms in total. The second kappa shape index (κ2) is 36.9. The van der Waals surface area contributed by atoms with Crippen molar-refractivity contribution in [1.29, 1.82) is 0 Å². The number of carbonyl (C=O) groups excluding carboxylic acids is 1. The minimum Gasteiger partial charge on any atom is -0.394 e. The van der Waals surface area contributed by atoms with Gasteiger partial charge in [-0.05, 0) is 12.8 Å². The molecule has 0 aliphatic carbocycles. The van der Waals surface area contributed by atoms with Gasteiger partial charge in [0, 0.05) is 6.42 Å². The van der Waals surface area contributed by atoms with Gasteiger partial charge in [-0.3, -0.25) is 4.79 Å². The molecule has 0 aromatic carbocycles. The summed E-state index contributed by atoms with van der Waals surface area (Å²) in [5, 5.41) is 23.0. The molecule has 0 aromatic heterocycles. The first kappa shape index (κ1) is 43.4. The summed E-state index contributed by atoms with van der Waals surface area (Å²) in [5.74, 6) is -0.0320. The molecule has 2 atom stereocenters. The Morgan fingerprint density at radius 2 is 0.727 bits per heavy atom. The smallest absolute Gasteiger partial charge is 0.220 e. The van der Waals surface area contributed by atoms with Crippen molar-refractivity contribution in [1.82, 2.24) is 5.32 Å². The van der Waals surface area contributed by atoms with Crippen LogP contribution in [0.5, 0.6) is 0 Å². The average molecular weight is 624 g/mol. The van der Waals surface area contributed by atoms with Crippen molar-refractivity contribution in [2.24, 2.45) is 0 Å². The molecule has 0 aliphatic heterocycles. The SMILES string of the molecule is CCCCCCCCCCCCCCCCCCCCCCCCCC(O)C(CO)NC(=O)CCCCCCCCCCC. The molecule has 0 fully saturated rings. The number of amides is 1. The fraction of sp³-hybridized carbons (Fsp3) is 0.975. The van der Waals surface area contributed by atoms with E-state index in [0.717, 1.165) is 25.7 Å². The Morgan fingerprint density at radius 3 is 1.02 bits per heavy atom. The normalized spacial score (nSPS) is 12.9. The van der Waals surface area contributed by atoms with E-state index in [1.807, 2.05) is 0 Å². The molecule has 0 heterocycles. The minimum absolute atomic E-state index is 0.0320. The maximum Gasteiger partial charge on any atom is 0.220 e. The van der Waals surface area contributed by atoms with E-state index in [1.54, 1.807) is 0 Å². The van der Waals surface area contributed by atoms with E-state index in [2.05, 4.69) is 19.2 Å². The number of aliphatic hydroxyl groups excluding tert-OH is 2. The topological polar surface area (TPSA) is 69.6 Å². The van der Waals surface area contributed by atoms with Crippen LogP contribution in [0.4, 0.5) is 0 Å². The van der Waals surface area contributed by atoms with Crippen LogP contribution in [0.1, 0.15) is 232 Å². The van der Waals surface area contributed by atoms with Gasteiger partial charge in [-0.15, -0.1) is 0 Å². The van der Waals surface area contributed by atoms with Gasteiger partial charge < -0.3 is 15.5 Å². The van der Waals surface area contributed by atoms with Crippen molar-refractivity contribution in [3.05, 3.63) is 0 Å². The molecule has 0 saturated heterocycles. The Labute approximate surface area is 276 Å². The molecular weight excluding hydrogens is 542 g/mol. The van der Waals surface area contributed by atoms with E-state index in [0.29, 0.717) is 12.8 Å². The number of nitrogens with one attached hydrogen (secondary N) is 1. The number of rotatable bonds is 37. The summed E-state index contributed by atoms with van der Waals surface area (Å²) in [4.78, 5) is 12.3. The lowest BCUT2D eigenvalue weighted by Crippen LogP contribution is -2.45. The zero-order valence-electron chi connectivity index (χ0n) is 30.2. The van der Waals surface area contributed by atoms with Crippen molar-refractivity contribution in [3.8, 4) is 0 Å². The van der Waals surface area contributed by atoms with Crippen LogP contribution in [0, 0.1) is 0 Å². The van der Waals surface area contributed by atoms with Gasteiger partial charge in [-0.2, -0.15) is 0 Å². The molecule has 0 saturated carbocycles. The Balaban J connectivity index is 3.42. The number of unbranched alkanes of at least 4 members (excludes halogenated alkanes) is 30. The highest BCUT2D eigenvalue weighted by molar-refractivity contribution is 5.76. The van der Waals surface area contributed by atoms with Crippen LogP contribution < -0.4 is 5.32 Å². The highest BCUT2D eigenvalue weighted by Gasteiger charge is 2.19. The largest absolute Gasteiger partial charge is 0.394 e. The van der Waals surface area contributed by atoms with Gasteiger partial charge in [-0.25, -0.2) is 0 Å². The lowest BCUT2D eigenvalue weighted by atomic mass is 10.0. The van der Waals surface area contributed by atoms with Crippen LogP contribution >= 0.6 is 0 Å². The van der Waals surface area contributed by atoms with Crippen LogP contribution in [0.15, 0.2) is 0 Å². The quantitative estimate of drug-likeness (QED) is 0.0603. The molecular formula is C40H81NO3. The lowest BCUT2D eigenvalue weighted by Gasteiger charge is -2.22. The second-order valence-corrected chi connectivity index (χ2v) is 14.1. The summed E-state index contributed by atoms with van der Waals surface area (Å²) in [6.45, 7) is 4.35. The fourth-order valence-electron chi connectivity index (χ4n) is 6.48. The molecule has 0 aromatic rings. The molecule has 0 radical (unpaired) electrons. The molecule has 44 heavy (non-hydrogen) atoms. The van der Waals surface area contributed by atoms with Crippen LogP contribution in [0.2, 0.25) is 0 Å². The maximum absolute atomic E-state index is 12.3. The van der Waals surface area contributed by atoms with Gasteiger partial charge in [0.05, 0.1) is 18.8 Å². The van der Waals surface area contributed by atoms with E-state index < -0.39 is 12.1 Å². The van der Waals surface area contributed by atoms with E-state index in [4.69, 9.17) is 0 Å². The summed E-state index contributed by atoms with van der Waals surface area (Å²) in [5.41, 5.74) is 0. The van der Waals surface area contributed by atoms with Crippen LogP contribution in [0.3, 0.4) is 0 Å². The summed E-state index contributed by atoms with van der Waals surface area (Å²) in [6, 6.07) is -0.527. The van der Waals surface area contributed by atoms with Crippen molar-refractivity contribution in [2.75, 3.05) is 6.61 Å².